The Morgan fingerprint density at radius 1 is 1.12 bits per heavy atom. The Morgan fingerprint density at radius 2 is 1.88 bits per heavy atom. The van der Waals surface area contributed by atoms with Gasteiger partial charge in [-0.25, -0.2) is 4.79 Å². The maximum atomic E-state index is 11.9. The molecule has 0 bridgehead atoms. The van der Waals surface area contributed by atoms with Crippen LogP contribution >= 0.6 is 0 Å². The van der Waals surface area contributed by atoms with Crippen molar-refractivity contribution in [2.75, 3.05) is 13.7 Å². The third kappa shape index (κ3) is 4.25. The minimum atomic E-state index is -0.747. The summed E-state index contributed by atoms with van der Waals surface area (Å²) in [5, 5.41) is 12.5. The van der Waals surface area contributed by atoms with Crippen molar-refractivity contribution in [2.45, 2.75) is 13.5 Å². The molecule has 6 nitrogen and oxygen atoms in total. The molecule has 0 saturated carbocycles. The maximum Gasteiger partial charge on any atom is 0.342 e. The summed E-state index contributed by atoms with van der Waals surface area (Å²) in [6.45, 7) is 1.50. The Labute approximate surface area is 140 Å². The number of phenols is 1. The van der Waals surface area contributed by atoms with Crippen molar-refractivity contribution in [1.29, 1.82) is 0 Å². The number of benzene rings is 2. The van der Waals surface area contributed by atoms with E-state index in [1.54, 1.807) is 32.2 Å². The molecule has 2 rings (SSSR count). The van der Waals surface area contributed by atoms with Crippen LogP contribution in [0.3, 0.4) is 0 Å². The molecule has 0 spiro atoms. The first-order valence-corrected chi connectivity index (χ1v) is 7.37. The number of phenolic OH excluding ortho intramolecular Hbond substituents is 1. The number of esters is 1. The zero-order valence-corrected chi connectivity index (χ0v) is 13.5. The highest BCUT2D eigenvalue weighted by atomic mass is 16.5. The van der Waals surface area contributed by atoms with E-state index in [2.05, 4.69) is 5.32 Å². The van der Waals surface area contributed by atoms with E-state index in [1.807, 2.05) is 18.2 Å². The van der Waals surface area contributed by atoms with Crippen molar-refractivity contribution < 1.29 is 24.2 Å². The molecule has 0 aliphatic carbocycles. The second-order valence-corrected chi connectivity index (χ2v) is 5.14. The fourth-order valence-electron chi connectivity index (χ4n) is 2.13. The number of carbonyl (C=O) groups excluding carboxylic acids is 2. The second kappa shape index (κ2) is 8.01. The highest BCUT2D eigenvalue weighted by Crippen LogP contribution is 2.22. The number of ether oxygens (including phenoxy) is 2. The molecule has 2 aromatic carbocycles. The Kier molecular flexibility index (Phi) is 5.78. The Morgan fingerprint density at radius 3 is 2.62 bits per heavy atom. The van der Waals surface area contributed by atoms with Gasteiger partial charge in [0.25, 0.3) is 5.91 Å². The van der Waals surface area contributed by atoms with Crippen molar-refractivity contribution in [1.82, 2.24) is 5.32 Å². The molecular weight excluding hydrogens is 310 g/mol. The molecule has 2 aromatic rings. The molecule has 0 fully saturated rings. The van der Waals surface area contributed by atoms with E-state index in [0.29, 0.717) is 11.3 Å². The number of carbonyl (C=O) groups is 2. The normalized spacial score (nSPS) is 10.1. The summed E-state index contributed by atoms with van der Waals surface area (Å²) in [7, 11) is 1.55. The molecule has 0 aromatic heterocycles. The first kappa shape index (κ1) is 17.3. The minimum Gasteiger partial charge on any atom is -0.507 e. The number of methoxy groups -OCH3 is 1. The highest BCUT2D eigenvalue weighted by Gasteiger charge is 2.15. The first-order valence-electron chi connectivity index (χ1n) is 7.37. The van der Waals surface area contributed by atoms with Crippen LogP contribution in [0.15, 0.2) is 42.5 Å². The Hall–Kier alpha value is -3.02. The smallest absolute Gasteiger partial charge is 0.342 e. The van der Waals surface area contributed by atoms with E-state index in [0.717, 1.165) is 5.56 Å². The molecule has 1 amide bonds. The van der Waals surface area contributed by atoms with Gasteiger partial charge in [-0.3, -0.25) is 4.79 Å². The summed E-state index contributed by atoms with van der Waals surface area (Å²) in [6.07, 6.45) is 0. The van der Waals surface area contributed by atoms with Gasteiger partial charge in [-0.2, -0.15) is 0 Å². The van der Waals surface area contributed by atoms with Gasteiger partial charge in [0.05, 0.1) is 7.11 Å². The first-order chi connectivity index (χ1) is 11.5. The summed E-state index contributed by atoms with van der Waals surface area (Å²) in [4.78, 5) is 23.7. The average Bonchev–Trinajstić information content (AvgIpc) is 2.60. The molecule has 0 heterocycles. The van der Waals surface area contributed by atoms with Gasteiger partial charge in [-0.05, 0) is 24.6 Å². The molecule has 6 heteroatoms. The van der Waals surface area contributed by atoms with Gasteiger partial charge in [0.2, 0.25) is 0 Å². The van der Waals surface area contributed by atoms with Crippen LogP contribution in [0, 0.1) is 6.92 Å². The molecule has 0 atom stereocenters. The van der Waals surface area contributed by atoms with Gasteiger partial charge in [0, 0.05) is 12.1 Å². The van der Waals surface area contributed by atoms with E-state index in [1.165, 1.54) is 6.07 Å². The van der Waals surface area contributed by atoms with E-state index in [9.17, 15) is 14.7 Å². The standard InChI is InChI=1S/C18H19NO5/c1-12-6-5-8-14(17(12)21)18(22)24-11-16(20)19-10-13-7-3-4-9-15(13)23-2/h3-9,21H,10-11H2,1-2H3,(H,19,20). The van der Waals surface area contributed by atoms with E-state index < -0.39 is 18.5 Å². The Balaban J connectivity index is 1.87. The molecule has 126 valence electrons. The number of aryl methyl sites for hydroxylation is 1. The molecule has 0 saturated heterocycles. The third-order valence-electron chi connectivity index (χ3n) is 3.46. The van der Waals surface area contributed by atoms with E-state index in [-0.39, 0.29) is 17.9 Å². The number of hydrogen-bond donors (Lipinski definition) is 2. The third-order valence-corrected chi connectivity index (χ3v) is 3.46. The van der Waals surface area contributed by atoms with Crippen molar-refractivity contribution in [3.63, 3.8) is 0 Å². The monoisotopic (exact) mass is 329 g/mol. The van der Waals surface area contributed by atoms with Crippen LogP contribution in [0.5, 0.6) is 11.5 Å². The SMILES string of the molecule is COc1ccccc1CNC(=O)COC(=O)c1cccc(C)c1O. The van der Waals surface area contributed by atoms with E-state index in [4.69, 9.17) is 9.47 Å². The summed E-state index contributed by atoms with van der Waals surface area (Å²) >= 11 is 0. The summed E-state index contributed by atoms with van der Waals surface area (Å²) in [6, 6.07) is 12.0. The van der Waals surface area contributed by atoms with Gasteiger partial charge in [0.1, 0.15) is 17.1 Å². The molecule has 2 N–H and O–H groups in total. The number of aromatic hydroxyl groups is 1. The molecule has 0 radical (unpaired) electrons. The predicted octanol–water partition coefficient (Wildman–Crippen LogP) is 2.18. The summed E-state index contributed by atoms with van der Waals surface area (Å²) in [5.41, 5.74) is 1.41. The number of para-hydroxylation sites is 2. The predicted molar refractivity (Wildman–Crippen MR) is 88.0 cm³/mol. The van der Waals surface area contributed by atoms with Crippen molar-refractivity contribution in [3.05, 3.63) is 59.2 Å². The van der Waals surface area contributed by atoms with Gasteiger partial charge in [0.15, 0.2) is 6.61 Å². The highest BCUT2D eigenvalue weighted by molar-refractivity contribution is 5.94. The van der Waals surface area contributed by atoms with Crippen LogP contribution in [0.4, 0.5) is 0 Å². The van der Waals surface area contributed by atoms with Gasteiger partial charge < -0.3 is 19.9 Å². The van der Waals surface area contributed by atoms with Gasteiger partial charge in [-0.15, -0.1) is 0 Å². The lowest BCUT2D eigenvalue weighted by Gasteiger charge is -2.10. The minimum absolute atomic E-state index is 0.0347. The number of nitrogens with one attached hydrogen (secondary N) is 1. The van der Waals surface area contributed by atoms with Crippen molar-refractivity contribution in [3.8, 4) is 11.5 Å². The zero-order chi connectivity index (χ0) is 17.5. The number of hydrogen-bond acceptors (Lipinski definition) is 5. The lowest BCUT2D eigenvalue weighted by atomic mass is 10.1. The van der Waals surface area contributed by atoms with Gasteiger partial charge in [-0.1, -0.05) is 30.3 Å². The van der Waals surface area contributed by atoms with Crippen LogP contribution in [-0.2, 0) is 16.1 Å². The Bertz CT molecular complexity index is 742. The van der Waals surface area contributed by atoms with Crippen molar-refractivity contribution in [2.24, 2.45) is 0 Å². The largest absolute Gasteiger partial charge is 0.507 e. The molecule has 24 heavy (non-hydrogen) atoms. The number of rotatable bonds is 6. The fraction of sp³-hybridized carbons (Fsp3) is 0.222. The molecular formula is C18H19NO5. The van der Waals surface area contributed by atoms with Crippen LogP contribution < -0.4 is 10.1 Å². The summed E-state index contributed by atoms with van der Waals surface area (Å²) in [5.74, 6) is -0.665. The lowest BCUT2D eigenvalue weighted by molar-refractivity contribution is -0.124. The van der Waals surface area contributed by atoms with Crippen LogP contribution in [0.1, 0.15) is 21.5 Å². The lowest BCUT2D eigenvalue weighted by Crippen LogP contribution is -2.28. The quantitative estimate of drug-likeness (QED) is 0.794. The average molecular weight is 329 g/mol. The maximum absolute atomic E-state index is 11.9. The second-order valence-electron chi connectivity index (χ2n) is 5.14. The van der Waals surface area contributed by atoms with Crippen molar-refractivity contribution >= 4 is 11.9 Å². The van der Waals surface area contributed by atoms with Crippen LogP contribution in [-0.4, -0.2) is 30.7 Å². The van der Waals surface area contributed by atoms with Crippen LogP contribution in [0.2, 0.25) is 0 Å². The number of amides is 1. The summed E-state index contributed by atoms with van der Waals surface area (Å²) < 4.78 is 10.1. The molecule has 0 unspecified atom stereocenters. The zero-order valence-electron chi connectivity index (χ0n) is 13.5. The molecule has 0 aliphatic heterocycles. The fourth-order valence-corrected chi connectivity index (χ4v) is 2.13. The van der Waals surface area contributed by atoms with Gasteiger partial charge >= 0.3 is 5.97 Å². The van der Waals surface area contributed by atoms with E-state index >= 15 is 0 Å². The molecule has 0 aliphatic rings. The van der Waals surface area contributed by atoms with Crippen LogP contribution in [0.25, 0.3) is 0 Å². The topological polar surface area (TPSA) is 84.9 Å².